The minimum Gasteiger partial charge on any atom is -0.412 e. The molecule has 0 aromatic heterocycles. The minimum absolute atomic E-state index is 0. The fourth-order valence-electron chi connectivity index (χ4n) is 8.27. The lowest BCUT2D eigenvalue weighted by atomic mass is 9.64. The van der Waals surface area contributed by atoms with Crippen molar-refractivity contribution >= 4 is 23.5 Å². The SMILES string of the molecule is C.CC1C=CCCC1SNCC1CCCC(CN[C@@H](CN2CC[C@H](C3CCC(Cl)CC3)C(C)(C)C2)C(C)C)C1.O.O.O.O.O.O. The van der Waals surface area contributed by atoms with Crippen molar-refractivity contribution in [2.45, 2.75) is 129 Å². The van der Waals surface area contributed by atoms with Gasteiger partial charge in [-0.3, -0.25) is 4.72 Å². The number of hydrogen-bond acceptors (Lipinski definition) is 4. The van der Waals surface area contributed by atoms with Gasteiger partial charge >= 0.3 is 0 Å². The fourth-order valence-corrected chi connectivity index (χ4v) is 9.63. The topological polar surface area (TPSA) is 216 Å². The average Bonchev–Trinajstić information content (AvgIpc) is 2.88. The lowest BCUT2D eigenvalue weighted by Crippen LogP contribution is -2.53. The molecule has 1 aliphatic heterocycles. The van der Waals surface area contributed by atoms with Gasteiger partial charge in [-0.1, -0.05) is 72.6 Å². The highest BCUT2D eigenvalue weighted by Crippen LogP contribution is 2.45. The first-order chi connectivity index (χ1) is 18.2. The Hall–Kier alpha value is 0.0200. The fraction of sp³-hybridized carbons (Fsp3) is 0.941. The highest BCUT2D eigenvalue weighted by Gasteiger charge is 2.41. The van der Waals surface area contributed by atoms with E-state index >= 15 is 0 Å². The number of allylic oxidation sites excluding steroid dienone is 2. The Labute approximate surface area is 285 Å². The number of nitrogens with zero attached hydrogens (tertiary/aromatic N) is 1. The molecule has 0 aromatic rings. The van der Waals surface area contributed by atoms with Crippen LogP contribution in [0.5, 0.6) is 0 Å². The molecule has 0 spiro atoms. The van der Waals surface area contributed by atoms with E-state index in [1.165, 1.54) is 103 Å². The van der Waals surface area contributed by atoms with Crippen LogP contribution in [0.2, 0.25) is 0 Å². The van der Waals surface area contributed by atoms with Gasteiger partial charge in [0, 0.05) is 36.3 Å². The molecule has 9 nitrogen and oxygen atoms in total. The van der Waals surface area contributed by atoms with Gasteiger partial charge < -0.3 is 43.1 Å². The van der Waals surface area contributed by atoms with E-state index in [2.05, 4.69) is 61.7 Å². The molecule has 1 heterocycles. The summed E-state index contributed by atoms with van der Waals surface area (Å²) in [6.07, 6.45) is 19.5. The molecule has 11 heteroatoms. The molecule has 0 bridgehead atoms. The normalized spacial score (nSPS) is 31.6. The van der Waals surface area contributed by atoms with E-state index in [0.717, 1.165) is 28.9 Å². The van der Waals surface area contributed by atoms with Gasteiger partial charge in [0.25, 0.3) is 0 Å². The molecule has 14 N–H and O–H groups in total. The quantitative estimate of drug-likeness (QED) is 0.188. The molecule has 2 saturated carbocycles. The molecule has 0 radical (unpaired) electrons. The van der Waals surface area contributed by atoms with Crippen LogP contribution in [0.15, 0.2) is 12.2 Å². The molecule has 276 valence electrons. The Morgan fingerprint density at radius 3 is 2.09 bits per heavy atom. The van der Waals surface area contributed by atoms with E-state index in [1.54, 1.807) is 0 Å². The van der Waals surface area contributed by atoms with Crippen molar-refractivity contribution in [3.63, 3.8) is 0 Å². The van der Waals surface area contributed by atoms with Crippen molar-refractivity contribution in [2.24, 2.45) is 40.9 Å². The predicted molar refractivity (Wildman–Crippen MR) is 197 cm³/mol. The van der Waals surface area contributed by atoms with Crippen molar-refractivity contribution < 1.29 is 32.9 Å². The average molecular weight is 691 g/mol. The van der Waals surface area contributed by atoms with E-state index in [9.17, 15) is 0 Å². The maximum Gasteiger partial charge on any atom is 0.0336 e. The van der Waals surface area contributed by atoms with Crippen LogP contribution >= 0.6 is 23.5 Å². The highest BCUT2D eigenvalue weighted by molar-refractivity contribution is 7.98. The largest absolute Gasteiger partial charge is 0.412 e. The van der Waals surface area contributed by atoms with Gasteiger partial charge in [-0.2, -0.15) is 0 Å². The van der Waals surface area contributed by atoms with Gasteiger partial charge in [-0.25, -0.2) is 0 Å². The molecular formula is C34H76ClN3O6S. The second-order valence-electron chi connectivity index (χ2n) is 14.7. The lowest BCUT2D eigenvalue weighted by molar-refractivity contribution is 0.00453. The Morgan fingerprint density at radius 2 is 1.51 bits per heavy atom. The van der Waals surface area contributed by atoms with E-state index in [4.69, 9.17) is 11.6 Å². The van der Waals surface area contributed by atoms with Gasteiger partial charge in [-0.05, 0) is 118 Å². The molecule has 0 aromatic carbocycles. The van der Waals surface area contributed by atoms with E-state index in [-0.39, 0.29) is 40.3 Å². The van der Waals surface area contributed by atoms with E-state index in [1.807, 2.05) is 11.9 Å². The highest BCUT2D eigenvalue weighted by atomic mass is 35.5. The summed E-state index contributed by atoms with van der Waals surface area (Å²) in [6, 6.07) is 0.601. The maximum atomic E-state index is 6.43. The molecular weight excluding hydrogens is 614 g/mol. The Bertz CT molecular complexity index is 745. The molecule has 45 heavy (non-hydrogen) atoms. The Kier molecular flexibility index (Phi) is 28.9. The summed E-state index contributed by atoms with van der Waals surface area (Å²) >= 11 is 8.45. The smallest absolute Gasteiger partial charge is 0.0336 e. The first-order valence-electron chi connectivity index (χ1n) is 16.4. The number of nitrogens with one attached hydrogen (secondary N) is 2. The third kappa shape index (κ3) is 15.9. The van der Waals surface area contributed by atoms with Gasteiger partial charge in [0.1, 0.15) is 0 Å². The van der Waals surface area contributed by atoms with Crippen molar-refractivity contribution in [3.05, 3.63) is 12.2 Å². The van der Waals surface area contributed by atoms with Crippen LogP contribution in [0, 0.1) is 40.9 Å². The zero-order chi connectivity index (χ0) is 27.1. The molecule has 4 aliphatic rings. The molecule has 1 saturated heterocycles. The summed E-state index contributed by atoms with van der Waals surface area (Å²) < 4.78 is 3.80. The second-order valence-corrected chi connectivity index (χ2v) is 16.4. The second kappa shape index (κ2) is 25.1. The van der Waals surface area contributed by atoms with Crippen molar-refractivity contribution in [2.75, 3.05) is 32.7 Å². The van der Waals surface area contributed by atoms with Gasteiger partial charge in [0.2, 0.25) is 0 Å². The lowest BCUT2D eigenvalue weighted by Gasteiger charge is -2.49. The number of piperidine rings is 1. The van der Waals surface area contributed by atoms with Crippen molar-refractivity contribution in [3.8, 4) is 0 Å². The Balaban J connectivity index is -0.00000120. The van der Waals surface area contributed by atoms with Gasteiger partial charge in [0.15, 0.2) is 0 Å². The maximum absolute atomic E-state index is 6.43. The van der Waals surface area contributed by atoms with Crippen LogP contribution in [0.4, 0.5) is 0 Å². The molecule has 3 aliphatic carbocycles. The first-order valence-corrected chi connectivity index (χ1v) is 17.7. The van der Waals surface area contributed by atoms with Crippen LogP contribution in [0.3, 0.4) is 0 Å². The van der Waals surface area contributed by atoms with E-state index < -0.39 is 0 Å². The third-order valence-electron chi connectivity index (χ3n) is 10.7. The summed E-state index contributed by atoms with van der Waals surface area (Å²) in [7, 11) is 0. The number of hydrogen-bond donors (Lipinski definition) is 2. The predicted octanol–water partition coefficient (Wildman–Crippen LogP) is 3.83. The standard InChI is InChI=1S/C33H60ClN3S.CH4.6H2O/c1-24(2)31(22-37-18-17-30(33(4,5)23-37)28-13-15-29(34)16-14-28)35-20-26-10-8-11-27(19-26)21-36-38-32-12-7-6-9-25(32)3;;;;;;;/h6,9,24-32,35-36H,7-8,10-23H2,1-5H3;1H4;6*1H2/t25?,26?,27?,28?,29?,30-,31+,32?;;;;;;;/m1......./s1. The summed E-state index contributed by atoms with van der Waals surface area (Å²) in [5.41, 5.74) is 0.414. The van der Waals surface area contributed by atoms with Gasteiger partial charge in [0.05, 0.1) is 0 Å². The first kappa shape index (κ1) is 51.8. The number of likely N-dealkylation sites (tertiary alicyclic amines) is 1. The Morgan fingerprint density at radius 1 is 0.889 bits per heavy atom. The monoisotopic (exact) mass is 690 g/mol. The summed E-state index contributed by atoms with van der Waals surface area (Å²) in [5, 5.41) is 5.28. The van der Waals surface area contributed by atoms with Crippen LogP contribution < -0.4 is 10.0 Å². The van der Waals surface area contributed by atoms with E-state index in [0.29, 0.717) is 28.7 Å². The number of rotatable bonds is 11. The van der Waals surface area contributed by atoms with Crippen LogP contribution in [-0.4, -0.2) is 87.1 Å². The van der Waals surface area contributed by atoms with Crippen molar-refractivity contribution in [1.29, 1.82) is 0 Å². The summed E-state index contributed by atoms with van der Waals surface area (Å²) in [6.45, 7) is 18.5. The molecule has 6 atom stereocenters. The van der Waals surface area contributed by atoms with Crippen LogP contribution in [-0.2, 0) is 0 Å². The molecule has 4 unspecified atom stereocenters. The zero-order valence-corrected chi connectivity index (χ0v) is 30.0. The molecule has 4 rings (SSSR count). The molecule has 3 fully saturated rings. The van der Waals surface area contributed by atoms with Gasteiger partial charge in [-0.15, -0.1) is 11.6 Å². The van der Waals surface area contributed by atoms with Crippen LogP contribution in [0.25, 0.3) is 0 Å². The summed E-state index contributed by atoms with van der Waals surface area (Å²) in [5.74, 6) is 4.85. The number of alkyl halides is 1. The third-order valence-corrected chi connectivity index (χ3v) is 12.5. The zero-order valence-electron chi connectivity index (χ0n) is 28.4. The minimum atomic E-state index is 0. The summed E-state index contributed by atoms with van der Waals surface area (Å²) in [4.78, 5) is 2.80. The van der Waals surface area contributed by atoms with Crippen LogP contribution in [0.1, 0.15) is 113 Å². The van der Waals surface area contributed by atoms with Crippen molar-refractivity contribution in [1.82, 2.24) is 14.9 Å². The number of halogens is 1. The molecule has 0 amide bonds.